The van der Waals surface area contributed by atoms with E-state index in [1.807, 2.05) is 4.90 Å². The number of carbonyl (C=O) groups excluding carboxylic acids is 2. The number of carbonyl (C=O) groups is 2. The van der Waals surface area contributed by atoms with Gasteiger partial charge in [-0.15, -0.1) is 0 Å². The highest BCUT2D eigenvalue weighted by molar-refractivity contribution is 5.98. The molecule has 1 atom stereocenters. The Morgan fingerprint density at radius 1 is 0.960 bits per heavy atom. The second kappa shape index (κ2) is 7.04. The van der Waals surface area contributed by atoms with Crippen LogP contribution in [0.4, 0.5) is 0 Å². The Morgan fingerprint density at radius 3 is 2.44 bits per heavy atom. The fraction of sp³-hybridized carbons (Fsp3) is 0.579. The Hall–Kier alpha value is -2.08. The van der Waals surface area contributed by atoms with E-state index in [9.17, 15) is 9.59 Å². The number of hydrogen-bond donors (Lipinski definition) is 0. The van der Waals surface area contributed by atoms with Gasteiger partial charge in [0.05, 0.1) is 0 Å². The lowest BCUT2D eigenvalue weighted by Gasteiger charge is -2.32. The van der Waals surface area contributed by atoms with Gasteiger partial charge in [-0.05, 0) is 43.9 Å². The van der Waals surface area contributed by atoms with Crippen molar-refractivity contribution in [3.05, 3.63) is 23.8 Å². The van der Waals surface area contributed by atoms with Crippen molar-refractivity contribution in [2.75, 3.05) is 32.9 Å². The van der Waals surface area contributed by atoms with E-state index in [0.717, 1.165) is 12.8 Å². The van der Waals surface area contributed by atoms with E-state index in [1.54, 1.807) is 18.2 Å². The zero-order valence-electron chi connectivity index (χ0n) is 14.2. The van der Waals surface area contributed by atoms with Crippen LogP contribution in [0, 0.1) is 5.92 Å². The number of benzene rings is 1. The molecular formula is C19H23NO5. The molecule has 1 aromatic rings. The number of ether oxygens (including phenoxy) is 3. The summed E-state index contributed by atoms with van der Waals surface area (Å²) < 4.78 is 16.5. The number of amides is 1. The second-order valence-electron chi connectivity index (χ2n) is 6.82. The molecule has 0 spiro atoms. The van der Waals surface area contributed by atoms with E-state index in [2.05, 4.69) is 0 Å². The standard InChI is InChI=1S/C19H23NO5/c21-18(14-3-4-15-17(12-14)25-11-10-24-15)13-5-7-20(8-6-13)19(22)16-2-1-9-23-16/h3-4,12-13,16H,1-2,5-11H2. The van der Waals surface area contributed by atoms with E-state index in [1.165, 1.54) is 0 Å². The summed E-state index contributed by atoms with van der Waals surface area (Å²) in [6.07, 6.45) is 2.90. The molecule has 4 rings (SSSR count). The first-order valence-electron chi connectivity index (χ1n) is 9.06. The topological polar surface area (TPSA) is 65.1 Å². The molecule has 0 saturated carbocycles. The molecule has 2 saturated heterocycles. The maximum Gasteiger partial charge on any atom is 0.251 e. The zero-order valence-corrected chi connectivity index (χ0v) is 14.2. The average Bonchev–Trinajstić information content (AvgIpc) is 3.21. The van der Waals surface area contributed by atoms with Crippen LogP contribution in [-0.4, -0.2) is 55.6 Å². The highest BCUT2D eigenvalue weighted by atomic mass is 16.6. The molecule has 0 aromatic heterocycles. The molecular weight excluding hydrogens is 322 g/mol. The van der Waals surface area contributed by atoms with Gasteiger partial charge in [0.15, 0.2) is 17.3 Å². The Bertz CT molecular complexity index is 660. The minimum absolute atomic E-state index is 0.0453. The van der Waals surface area contributed by atoms with E-state index in [4.69, 9.17) is 14.2 Å². The summed E-state index contributed by atoms with van der Waals surface area (Å²) in [6, 6.07) is 5.39. The largest absolute Gasteiger partial charge is 0.486 e. The molecule has 0 aliphatic carbocycles. The number of Topliss-reactive ketones (excluding diaryl/α,β-unsaturated/α-hetero) is 1. The molecule has 2 fully saturated rings. The summed E-state index contributed by atoms with van der Waals surface area (Å²) >= 11 is 0. The first-order chi connectivity index (χ1) is 12.2. The van der Waals surface area contributed by atoms with Crippen molar-refractivity contribution in [1.29, 1.82) is 0 Å². The summed E-state index contributed by atoms with van der Waals surface area (Å²) in [5.74, 6) is 1.50. The zero-order chi connectivity index (χ0) is 17.2. The van der Waals surface area contributed by atoms with Crippen LogP contribution in [0.5, 0.6) is 11.5 Å². The predicted molar refractivity (Wildman–Crippen MR) is 90.0 cm³/mol. The SMILES string of the molecule is O=C(c1ccc2c(c1)OCCO2)C1CCN(C(=O)C2CCCO2)CC1. The number of nitrogens with zero attached hydrogens (tertiary/aromatic N) is 1. The Kier molecular flexibility index (Phi) is 4.61. The summed E-state index contributed by atoms with van der Waals surface area (Å²) in [4.78, 5) is 27.0. The lowest BCUT2D eigenvalue weighted by molar-refractivity contribution is -0.142. The number of fused-ring (bicyclic) bond motifs is 1. The Balaban J connectivity index is 1.37. The number of rotatable bonds is 3. The lowest BCUT2D eigenvalue weighted by atomic mass is 9.88. The molecule has 0 N–H and O–H groups in total. The van der Waals surface area contributed by atoms with Crippen LogP contribution in [0.2, 0.25) is 0 Å². The van der Waals surface area contributed by atoms with Crippen LogP contribution in [0.15, 0.2) is 18.2 Å². The van der Waals surface area contributed by atoms with Gasteiger partial charge in [0, 0.05) is 31.2 Å². The molecule has 6 nitrogen and oxygen atoms in total. The first-order valence-corrected chi connectivity index (χ1v) is 9.06. The van der Waals surface area contributed by atoms with Gasteiger partial charge in [-0.3, -0.25) is 9.59 Å². The van der Waals surface area contributed by atoms with Crippen molar-refractivity contribution in [2.45, 2.75) is 31.8 Å². The van der Waals surface area contributed by atoms with Crippen molar-refractivity contribution in [3.63, 3.8) is 0 Å². The lowest BCUT2D eigenvalue weighted by Crippen LogP contribution is -2.44. The van der Waals surface area contributed by atoms with Crippen LogP contribution in [0.25, 0.3) is 0 Å². The normalized spacial score (nSPS) is 23.5. The van der Waals surface area contributed by atoms with Crippen LogP contribution < -0.4 is 9.47 Å². The highest BCUT2D eigenvalue weighted by Crippen LogP contribution is 2.32. The van der Waals surface area contributed by atoms with Crippen LogP contribution >= 0.6 is 0 Å². The fourth-order valence-corrected chi connectivity index (χ4v) is 3.77. The summed E-state index contributed by atoms with van der Waals surface area (Å²) in [6.45, 7) is 2.97. The summed E-state index contributed by atoms with van der Waals surface area (Å²) in [7, 11) is 0. The number of hydrogen-bond acceptors (Lipinski definition) is 5. The molecule has 1 amide bonds. The maximum atomic E-state index is 12.8. The molecule has 3 aliphatic heterocycles. The quantitative estimate of drug-likeness (QED) is 0.785. The van der Waals surface area contributed by atoms with E-state index in [-0.39, 0.29) is 23.7 Å². The number of ketones is 1. The minimum Gasteiger partial charge on any atom is -0.486 e. The van der Waals surface area contributed by atoms with E-state index >= 15 is 0 Å². The fourth-order valence-electron chi connectivity index (χ4n) is 3.77. The van der Waals surface area contributed by atoms with Gasteiger partial charge >= 0.3 is 0 Å². The molecule has 1 unspecified atom stereocenters. The van der Waals surface area contributed by atoms with Gasteiger partial charge in [-0.25, -0.2) is 0 Å². The van der Waals surface area contributed by atoms with Crippen LogP contribution in [0.1, 0.15) is 36.0 Å². The molecule has 0 bridgehead atoms. The summed E-state index contributed by atoms with van der Waals surface area (Å²) in [5.41, 5.74) is 0.660. The second-order valence-corrected chi connectivity index (χ2v) is 6.82. The average molecular weight is 345 g/mol. The third-order valence-electron chi connectivity index (χ3n) is 5.21. The molecule has 0 radical (unpaired) electrons. The number of likely N-dealkylation sites (tertiary alicyclic amines) is 1. The first kappa shape index (κ1) is 16.4. The van der Waals surface area contributed by atoms with Gasteiger partial charge in [0.2, 0.25) is 0 Å². The van der Waals surface area contributed by atoms with Gasteiger partial charge < -0.3 is 19.1 Å². The van der Waals surface area contributed by atoms with Crippen molar-refractivity contribution in [1.82, 2.24) is 4.90 Å². The molecule has 3 aliphatic rings. The third kappa shape index (κ3) is 3.35. The smallest absolute Gasteiger partial charge is 0.251 e. The van der Waals surface area contributed by atoms with Crippen molar-refractivity contribution in [2.24, 2.45) is 5.92 Å². The van der Waals surface area contributed by atoms with Crippen LogP contribution in [0.3, 0.4) is 0 Å². The number of piperidine rings is 1. The predicted octanol–water partition coefficient (Wildman–Crippen LogP) is 2.06. The molecule has 3 heterocycles. The highest BCUT2D eigenvalue weighted by Gasteiger charge is 2.33. The van der Waals surface area contributed by atoms with E-state index < -0.39 is 0 Å². The Labute approximate surface area is 147 Å². The van der Waals surface area contributed by atoms with Gasteiger partial charge in [0.1, 0.15) is 19.3 Å². The van der Waals surface area contributed by atoms with Gasteiger partial charge in [-0.1, -0.05) is 0 Å². The summed E-state index contributed by atoms with van der Waals surface area (Å²) in [5, 5.41) is 0. The van der Waals surface area contributed by atoms with Gasteiger partial charge in [-0.2, -0.15) is 0 Å². The molecule has 1 aromatic carbocycles. The van der Waals surface area contributed by atoms with E-state index in [0.29, 0.717) is 62.8 Å². The minimum atomic E-state index is -0.273. The Morgan fingerprint density at radius 2 is 1.72 bits per heavy atom. The van der Waals surface area contributed by atoms with Crippen molar-refractivity contribution < 1.29 is 23.8 Å². The molecule has 25 heavy (non-hydrogen) atoms. The van der Waals surface area contributed by atoms with Gasteiger partial charge in [0.25, 0.3) is 5.91 Å². The van der Waals surface area contributed by atoms with Crippen LogP contribution in [-0.2, 0) is 9.53 Å². The monoisotopic (exact) mass is 345 g/mol. The van der Waals surface area contributed by atoms with Crippen molar-refractivity contribution in [3.8, 4) is 11.5 Å². The van der Waals surface area contributed by atoms with Crippen molar-refractivity contribution >= 4 is 11.7 Å². The molecule has 134 valence electrons. The molecule has 6 heteroatoms. The maximum absolute atomic E-state index is 12.8. The third-order valence-corrected chi connectivity index (χ3v) is 5.21.